The van der Waals surface area contributed by atoms with Gasteiger partial charge >= 0.3 is 5.97 Å². The number of hydrogen-bond acceptors (Lipinski definition) is 2. The Bertz CT molecular complexity index is 744. The number of unbranched alkanes of at least 4 members (excludes halogenated alkanes) is 5. The van der Waals surface area contributed by atoms with Gasteiger partial charge in [-0.1, -0.05) is 92.9 Å². The van der Waals surface area contributed by atoms with Crippen LogP contribution in [-0.4, -0.2) is 12.1 Å². The van der Waals surface area contributed by atoms with Crippen molar-refractivity contribution in [3.8, 4) is 0 Å². The third-order valence-corrected chi connectivity index (χ3v) is 12.9. The van der Waals surface area contributed by atoms with E-state index in [1.165, 1.54) is 96.3 Å². The maximum Gasteiger partial charge on any atom is 0.306 e. The van der Waals surface area contributed by atoms with Gasteiger partial charge in [-0.15, -0.1) is 0 Å². The second-order valence-electron chi connectivity index (χ2n) is 15.6. The standard InChI is InChI=1S/C36H64O2/c1-7-8-9-10-11-12-16-34(37)38-29-21-23-35(5)28(25-29)17-18-30-32-20-19-31(27(4)15-13-14-26(2)3)36(32,6)24-22-33(30)35/h26-33H,7-25H2,1-6H3. The molecule has 9 unspecified atom stereocenters. The first kappa shape index (κ1) is 30.4. The molecule has 2 heteroatoms. The van der Waals surface area contributed by atoms with Crippen LogP contribution >= 0.6 is 0 Å². The maximum atomic E-state index is 12.6. The molecule has 2 nitrogen and oxygen atoms in total. The zero-order valence-corrected chi connectivity index (χ0v) is 26.4. The molecule has 0 bridgehead atoms. The summed E-state index contributed by atoms with van der Waals surface area (Å²) >= 11 is 0. The number of hydrogen-bond donors (Lipinski definition) is 0. The van der Waals surface area contributed by atoms with Crippen molar-refractivity contribution in [3.05, 3.63) is 0 Å². The van der Waals surface area contributed by atoms with Gasteiger partial charge in [0.15, 0.2) is 0 Å². The lowest BCUT2D eigenvalue weighted by Gasteiger charge is -2.61. The summed E-state index contributed by atoms with van der Waals surface area (Å²) in [5.74, 6) is 6.37. The second-order valence-corrected chi connectivity index (χ2v) is 15.6. The first-order valence-electron chi connectivity index (χ1n) is 17.4. The van der Waals surface area contributed by atoms with Gasteiger partial charge < -0.3 is 4.74 Å². The highest BCUT2D eigenvalue weighted by atomic mass is 16.5. The highest BCUT2D eigenvalue weighted by molar-refractivity contribution is 5.69. The fraction of sp³-hybridized carbons (Fsp3) is 0.972. The molecule has 4 saturated carbocycles. The predicted octanol–water partition coefficient (Wildman–Crippen LogP) is 10.8. The van der Waals surface area contributed by atoms with E-state index in [2.05, 4.69) is 41.5 Å². The van der Waals surface area contributed by atoms with Crippen molar-refractivity contribution in [2.75, 3.05) is 0 Å². The molecule has 4 aliphatic rings. The highest BCUT2D eigenvalue weighted by Crippen LogP contribution is 2.68. The largest absolute Gasteiger partial charge is 0.462 e. The fourth-order valence-electron chi connectivity index (χ4n) is 10.6. The number of carbonyl (C=O) groups is 1. The Kier molecular flexibility index (Phi) is 10.7. The van der Waals surface area contributed by atoms with Crippen molar-refractivity contribution in [1.82, 2.24) is 0 Å². The molecule has 0 aliphatic heterocycles. The van der Waals surface area contributed by atoms with Gasteiger partial charge in [0, 0.05) is 6.42 Å². The molecule has 4 fully saturated rings. The van der Waals surface area contributed by atoms with Crippen LogP contribution in [0.3, 0.4) is 0 Å². The minimum absolute atomic E-state index is 0.0794. The van der Waals surface area contributed by atoms with Crippen LogP contribution in [0.25, 0.3) is 0 Å². The molecule has 220 valence electrons. The Labute approximate surface area is 237 Å². The van der Waals surface area contributed by atoms with Crippen LogP contribution in [-0.2, 0) is 9.53 Å². The van der Waals surface area contributed by atoms with E-state index < -0.39 is 0 Å². The minimum atomic E-state index is 0.0794. The quantitative estimate of drug-likeness (QED) is 0.175. The lowest BCUT2D eigenvalue weighted by molar-refractivity contribution is -0.162. The van der Waals surface area contributed by atoms with Gasteiger partial charge in [-0.3, -0.25) is 4.79 Å². The van der Waals surface area contributed by atoms with Crippen LogP contribution in [0.15, 0.2) is 0 Å². The SMILES string of the molecule is CCCCCCCCC(=O)OC1CCC2(C)C(CCC3C2CCC2(C)C(C(C)CCCC(C)C)CCC32)C1. The monoisotopic (exact) mass is 528 g/mol. The molecule has 0 aromatic carbocycles. The molecule has 0 aromatic rings. The predicted molar refractivity (Wildman–Crippen MR) is 161 cm³/mol. The summed E-state index contributed by atoms with van der Waals surface area (Å²) in [5, 5.41) is 0. The third kappa shape index (κ3) is 6.67. The van der Waals surface area contributed by atoms with E-state index in [0.717, 1.165) is 60.7 Å². The summed E-state index contributed by atoms with van der Waals surface area (Å²) in [4.78, 5) is 12.6. The molecular formula is C36H64O2. The molecule has 4 rings (SSSR count). The summed E-state index contributed by atoms with van der Waals surface area (Å²) in [5.41, 5.74) is 1.07. The van der Waals surface area contributed by atoms with Crippen molar-refractivity contribution in [2.24, 2.45) is 52.3 Å². The van der Waals surface area contributed by atoms with Crippen molar-refractivity contribution >= 4 is 5.97 Å². The molecule has 4 aliphatic carbocycles. The zero-order valence-electron chi connectivity index (χ0n) is 26.4. The second kappa shape index (κ2) is 13.4. The van der Waals surface area contributed by atoms with Crippen LogP contribution in [0.4, 0.5) is 0 Å². The van der Waals surface area contributed by atoms with Crippen LogP contribution in [0.2, 0.25) is 0 Å². The van der Waals surface area contributed by atoms with Crippen LogP contribution in [0.5, 0.6) is 0 Å². The van der Waals surface area contributed by atoms with Gasteiger partial charge in [-0.25, -0.2) is 0 Å². The Morgan fingerprint density at radius 2 is 1.50 bits per heavy atom. The summed E-state index contributed by atoms with van der Waals surface area (Å²) in [6.07, 6.45) is 24.7. The summed E-state index contributed by atoms with van der Waals surface area (Å²) < 4.78 is 6.08. The number of fused-ring (bicyclic) bond motifs is 5. The van der Waals surface area contributed by atoms with E-state index in [4.69, 9.17) is 4.74 Å². The van der Waals surface area contributed by atoms with Gasteiger partial charge in [-0.2, -0.15) is 0 Å². The highest BCUT2D eigenvalue weighted by Gasteiger charge is 2.60. The summed E-state index contributed by atoms with van der Waals surface area (Å²) in [6, 6.07) is 0. The molecule has 0 aromatic heterocycles. The average molecular weight is 529 g/mol. The van der Waals surface area contributed by atoms with Crippen LogP contribution < -0.4 is 0 Å². The van der Waals surface area contributed by atoms with E-state index in [1.807, 2.05) is 0 Å². The number of rotatable bonds is 13. The minimum Gasteiger partial charge on any atom is -0.462 e. The van der Waals surface area contributed by atoms with E-state index in [9.17, 15) is 4.79 Å². The van der Waals surface area contributed by atoms with E-state index in [1.54, 1.807) is 0 Å². The molecule has 9 atom stereocenters. The molecule has 0 amide bonds. The lowest BCUT2D eigenvalue weighted by atomic mass is 9.44. The smallest absolute Gasteiger partial charge is 0.306 e. The Hall–Kier alpha value is -0.530. The zero-order chi connectivity index (χ0) is 27.3. The van der Waals surface area contributed by atoms with E-state index >= 15 is 0 Å². The van der Waals surface area contributed by atoms with Gasteiger partial charge in [0.25, 0.3) is 0 Å². The topological polar surface area (TPSA) is 26.3 Å². The molecule has 0 saturated heterocycles. The Balaban J connectivity index is 1.28. The third-order valence-electron chi connectivity index (χ3n) is 12.9. The first-order valence-corrected chi connectivity index (χ1v) is 17.4. The molecule has 0 spiro atoms. The molecule has 0 N–H and O–H groups in total. The molecule has 38 heavy (non-hydrogen) atoms. The Morgan fingerprint density at radius 3 is 2.26 bits per heavy atom. The van der Waals surface area contributed by atoms with Crippen LogP contribution in [0.1, 0.15) is 164 Å². The Morgan fingerprint density at radius 1 is 0.789 bits per heavy atom. The van der Waals surface area contributed by atoms with Crippen molar-refractivity contribution in [1.29, 1.82) is 0 Å². The lowest BCUT2D eigenvalue weighted by Crippen LogP contribution is -2.54. The number of ether oxygens (including phenoxy) is 1. The van der Waals surface area contributed by atoms with Crippen molar-refractivity contribution in [2.45, 2.75) is 170 Å². The summed E-state index contributed by atoms with van der Waals surface area (Å²) in [6.45, 7) is 15.0. The van der Waals surface area contributed by atoms with Crippen molar-refractivity contribution in [3.63, 3.8) is 0 Å². The van der Waals surface area contributed by atoms with Crippen molar-refractivity contribution < 1.29 is 9.53 Å². The number of carbonyl (C=O) groups excluding carboxylic acids is 1. The van der Waals surface area contributed by atoms with E-state index in [0.29, 0.717) is 17.3 Å². The first-order chi connectivity index (χ1) is 18.2. The molecule has 0 radical (unpaired) electrons. The van der Waals surface area contributed by atoms with Gasteiger partial charge in [-0.05, 0) is 116 Å². The van der Waals surface area contributed by atoms with Gasteiger partial charge in [0.1, 0.15) is 6.10 Å². The molecular weight excluding hydrogens is 464 g/mol. The fourth-order valence-corrected chi connectivity index (χ4v) is 10.6. The van der Waals surface area contributed by atoms with Gasteiger partial charge in [0.2, 0.25) is 0 Å². The maximum absolute atomic E-state index is 12.6. The van der Waals surface area contributed by atoms with Crippen LogP contribution in [0, 0.1) is 52.3 Å². The summed E-state index contributed by atoms with van der Waals surface area (Å²) in [7, 11) is 0. The van der Waals surface area contributed by atoms with E-state index in [-0.39, 0.29) is 12.1 Å². The normalized spacial score (nSPS) is 39.3. The average Bonchev–Trinajstić information content (AvgIpc) is 3.23. The van der Waals surface area contributed by atoms with Gasteiger partial charge in [0.05, 0.1) is 0 Å². The molecule has 0 heterocycles. The number of esters is 1.